The van der Waals surface area contributed by atoms with E-state index in [1.165, 1.54) is 11.3 Å². The van der Waals surface area contributed by atoms with Crippen molar-refractivity contribution < 1.29 is 4.79 Å². The maximum atomic E-state index is 13.1. The molecule has 0 amide bonds. The van der Waals surface area contributed by atoms with Crippen LogP contribution >= 0.6 is 0 Å². The Kier molecular flexibility index (Phi) is 3.03. The summed E-state index contributed by atoms with van der Waals surface area (Å²) in [7, 11) is 2.07. The van der Waals surface area contributed by atoms with E-state index >= 15 is 0 Å². The second-order valence-electron chi connectivity index (χ2n) is 6.44. The molecule has 1 aromatic carbocycles. The minimum absolute atomic E-state index is 0.0820. The van der Waals surface area contributed by atoms with Gasteiger partial charge >= 0.3 is 0 Å². The van der Waals surface area contributed by atoms with Crippen LogP contribution in [0, 0.1) is 5.92 Å². The van der Waals surface area contributed by atoms with Crippen molar-refractivity contribution in [3.05, 3.63) is 46.8 Å². The van der Waals surface area contributed by atoms with Gasteiger partial charge in [-0.1, -0.05) is 18.2 Å². The third-order valence-corrected chi connectivity index (χ3v) is 5.15. The number of rotatable bonds is 2. The molecular weight excluding hydrogens is 272 g/mol. The van der Waals surface area contributed by atoms with Crippen LogP contribution in [-0.4, -0.2) is 16.6 Å². The Bertz CT molecular complexity index is 838. The van der Waals surface area contributed by atoms with Crippen LogP contribution in [0.3, 0.4) is 0 Å². The molecule has 22 heavy (non-hydrogen) atoms. The molecule has 0 saturated heterocycles. The molecule has 3 heteroatoms. The Labute approximate surface area is 130 Å². The van der Waals surface area contributed by atoms with E-state index in [4.69, 9.17) is 0 Å². The number of benzene rings is 1. The van der Waals surface area contributed by atoms with E-state index in [9.17, 15) is 4.79 Å². The summed E-state index contributed by atoms with van der Waals surface area (Å²) < 4.78 is 2.19. The highest BCUT2D eigenvalue weighted by Gasteiger charge is 2.32. The van der Waals surface area contributed by atoms with Gasteiger partial charge in [0.2, 0.25) is 0 Å². The van der Waals surface area contributed by atoms with Crippen LogP contribution < -0.4 is 0 Å². The smallest absolute Gasteiger partial charge is 0.168 e. The first kappa shape index (κ1) is 13.5. The van der Waals surface area contributed by atoms with Crippen LogP contribution in [0.1, 0.15) is 42.2 Å². The Balaban J connectivity index is 1.75. The van der Waals surface area contributed by atoms with Gasteiger partial charge in [-0.2, -0.15) is 0 Å². The number of hydrogen-bond donors (Lipinski definition) is 0. The lowest BCUT2D eigenvalue weighted by Crippen LogP contribution is -2.23. The van der Waals surface area contributed by atoms with Crippen molar-refractivity contribution in [2.24, 2.45) is 18.0 Å². The molecule has 2 aliphatic rings. The predicted octanol–water partition coefficient (Wildman–Crippen LogP) is 4.06. The summed E-state index contributed by atoms with van der Waals surface area (Å²) in [6.45, 7) is 2.12. The Morgan fingerprint density at radius 1 is 1.32 bits per heavy atom. The van der Waals surface area contributed by atoms with Crippen molar-refractivity contribution in [3.63, 3.8) is 0 Å². The molecule has 0 saturated carbocycles. The number of hydrogen-bond acceptors (Lipinski definition) is 2. The Morgan fingerprint density at radius 2 is 2.14 bits per heavy atom. The van der Waals surface area contributed by atoms with Gasteiger partial charge in [-0.05, 0) is 37.8 Å². The maximum absolute atomic E-state index is 13.1. The summed E-state index contributed by atoms with van der Waals surface area (Å²) in [6.07, 6.45) is 5.61. The lowest BCUT2D eigenvalue weighted by molar-refractivity contribution is 0.0902. The monoisotopic (exact) mass is 292 g/mol. The number of carbonyl (C=O) groups excluding carboxylic acids is 1. The molecule has 0 radical (unpaired) electrons. The van der Waals surface area contributed by atoms with E-state index in [0.29, 0.717) is 5.78 Å². The fourth-order valence-corrected chi connectivity index (χ4v) is 3.84. The molecule has 0 bridgehead atoms. The summed E-state index contributed by atoms with van der Waals surface area (Å²) in [5.41, 5.74) is 5.76. The van der Waals surface area contributed by atoms with Gasteiger partial charge in [-0.25, -0.2) is 0 Å². The zero-order valence-corrected chi connectivity index (χ0v) is 13.1. The SMILES string of the molecule is CC1=C(CC2CCc3c(c4ccccc4n3C)C2=O)N=CC1. The zero-order valence-electron chi connectivity index (χ0n) is 13.1. The predicted molar refractivity (Wildman–Crippen MR) is 89.5 cm³/mol. The van der Waals surface area contributed by atoms with Gasteiger partial charge in [-0.15, -0.1) is 0 Å². The van der Waals surface area contributed by atoms with Crippen molar-refractivity contribution in [1.82, 2.24) is 4.57 Å². The van der Waals surface area contributed by atoms with Crippen molar-refractivity contribution in [2.75, 3.05) is 0 Å². The standard InChI is InChI=1S/C19H20N2O/c1-12-9-10-20-15(12)11-13-7-8-17-18(19(13)22)14-5-3-4-6-16(14)21(17)2/h3-6,10,13H,7-9,11H2,1-2H3. The van der Waals surface area contributed by atoms with E-state index in [-0.39, 0.29) is 5.92 Å². The van der Waals surface area contributed by atoms with E-state index in [0.717, 1.165) is 47.8 Å². The molecule has 3 nitrogen and oxygen atoms in total. The van der Waals surface area contributed by atoms with E-state index in [2.05, 4.69) is 35.7 Å². The molecule has 2 aromatic rings. The number of Topliss-reactive ketones (excluding diaryl/α,β-unsaturated/α-hetero) is 1. The van der Waals surface area contributed by atoms with Crippen LogP contribution in [-0.2, 0) is 13.5 Å². The first-order valence-electron chi connectivity index (χ1n) is 7.98. The number of ketones is 1. The fraction of sp³-hybridized carbons (Fsp3) is 0.368. The first-order valence-corrected chi connectivity index (χ1v) is 7.98. The minimum atomic E-state index is 0.0820. The largest absolute Gasteiger partial charge is 0.347 e. The molecule has 1 aliphatic heterocycles. The van der Waals surface area contributed by atoms with Crippen LogP contribution in [0.5, 0.6) is 0 Å². The molecule has 1 aliphatic carbocycles. The van der Waals surface area contributed by atoms with Gasteiger partial charge < -0.3 is 4.57 Å². The molecule has 0 spiro atoms. The molecule has 1 aromatic heterocycles. The lowest BCUT2D eigenvalue weighted by Gasteiger charge is -2.22. The van der Waals surface area contributed by atoms with Crippen molar-refractivity contribution >= 4 is 22.9 Å². The molecule has 0 fully saturated rings. The third-order valence-electron chi connectivity index (χ3n) is 5.15. The third kappa shape index (κ3) is 1.88. The molecule has 1 atom stereocenters. The number of nitrogens with zero attached hydrogens (tertiary/aromatic N) is 2. The summed E-state index contributed by atoms with van der Waals surface area (Å²) in [5, 5.41) is 1.11. The van der Waals surface area contributed by atoms with Gasteiger partial charge in [-0.3, -0.25) is 9.79 Å². The van der Waals surface area contributed by atoms with E-state index in [1.54, 1.807) is 0 Å². The van der Waals surface area contributed by atoms with Gasteiger partial charge in [0, 0.05) is 53.5 Å². The maximum Gasteiger partial charge on any atom is 0.168 e. The van der Waals surface area contributed by atoms with Crippen molar-refractivity contribution in [2.45, 2.75) is 32.6 Å². The number of fused-ring (bicyclic) bond motifs is 3. The van der Waals surface area contributed by atoms with Crippen LogP contribution in [0.2, 0.25) is 0 Å². The number of allylic oxidation sites excluding steroid dienone is 2. The van der Waals surface area contributed by atoms with Crippen LogP contribution in [0.25, 0.3) is 10.9 Å². The van der Waals surface area contributed by atoms with Gasteiger partial charge in [0.1, 0.15) is 0 Å². The first-order chi connectivity index (χ1) is 10.7. The van der Waals surface area contributed by atoms with Gasteiger partial charge in [0.15, 0.2) is 5.78 Å². The Morgan fingerprint density at radius 3 is 2.91 bits per heavy atom. The van der Waals surface area contributed by atoms with Crippen LogP contribution in [0.15, 0.2) is 40.5 Å². The zero-order chi connectivity index (χ0) is 15.3. The lowest BCUT2D eigenvalue weighted by atomic mass is 9.82. The second-order valence-corrected chi connectivity index (χ2v) is 6.44. The quantitative estimate of drug-likeness (QED) is 0.822. The summed E-state index contributed by atoms with van der Waals surface area (Å²) in [6, 6.07) is 8.24. The molecule has 0 N–H and O–H groups in total. The molecular formula is C19H20N2O. The average molecular weight is 292 g/mol. The van der Waals surface area contributed by atoms with Crippen LogP contribution in [0.4, 0.5) is 0 Å². The van der Waals surface area contributed by atoms with Gasteiger partial charge in [0.05, 0.1) is 0 Å². The number of para-hydroxylation sites is 1. The summed E-state index contributed by atoms with van der Waals surface area (Å²) in [4.78, 5) is 17.5. The number of aromatic nitrogens is 1. The average Bonchev–Trinajstić information content (AvgIpc) is 3.05. The fourth-order valence-electron chi connectivity index (χ4n) is 3.84. The topological polar surface area (TPSA) is 34.4 Å². The molecule has 4 rings (SSSR count). The molecule has 1 unspecified atom stereocenters. The highest BCUT2D eigenvalue weighted by Crippen LogP contribution is 2.36. The number of carbonyl (C=O) groups is 1. The summed E-state index contributed by atoms with van der Waals surface area (Å²) >= 11 is 0. The number of aliphatic imine (C=N–C) groups is 1. The minimum Gasteiger partial charge on any atom is -0.347 e. The normalized spacial score (nSPS) is 21.0. The van der Waals surface area contributed by atoms with E-state index in [1.807, 2.05) is 18.3 Å². The highest BCUT2D eigenvalue weighted by atomic mass is 16.1. The molecule has 2 heterocycles. The highest BCUT2D eigenvalue weighted by molar-refractivity contribution is 6.11. The number of aryl methyl sites for hydroxylation is 1. The van der Waals surface area contributed by atoms with Crippen molar-refractivity contribution in [3.8, 4) is 0 Å². The Hall–Kier alpha value is -2.16. The van der Waals surface area contributed by atoms with Crippen molar-refractivity contribution in [1.29, 1.82) is 0 Å². The summed E-state index contributed by atoms with van der Waals surface area (Å²) in [5.74, 6) is 0.388. The second kappa shape index (κ2) is 4.94. The molecule has 112 valence electrons. The van der Waals surface area contributed by atoms with E-state index < -0.39 is 0 Å². The van der Waals surface area contributed by atoms with Gasteiger partial charge in [0.25, 0.3) is 0 Å².